The Morgan fingerprint density at radius 1 is 0.282 bits per heavy atom. The Morgan fingerprint density at radius 2 is 0.513 bits per heavy atom. The Balaban J connectivity index is 1.77. The molecule has 0 saturated carbocycles. The van der Waals surface area contributed by atoms with Gasteiger partial charge in [-0.15, -0.1) is 0 Å². The maximum absolute atomic E-state index is 8.42. The number of hydrogen-bond donors (Lipinski definition) is 0. The van der Waals surface area contributed by atoms with E-state index in [2.05, 4.69) is 146 Å². The number of hydrogen-bond acceptors (Lipinski definition) is 0. The van der Waals surface area contributed by atoms with Gasteiger partial charge in [0.25, 0.3) is 0 Å². The van der Waals surface area contributed by atoms with Crippen molar-refractivity contribution in [2.24, 2.45) is 0 Å². The van der Waals surface area contributed by atoms with Crippen LogP contribution in [0.1, 0.15) is 0 Å². The average Bonchev–Trinajstić information content (AvgIpc) is 3.02. The van der Waals surface area contributed by atoms with Gasteiger partial charge in [0.05, 0.1) is 0 Å². The maximum atomic E-state index is 8.42. The van der Waals surface area contributed by atoms with E-state index in [9.17, 15) is 0 Å². The van der Waals surface area contributed by atoms with Gasteiger partial charge in [0.2, 0.25) is 0 Å². The van der Waals surface area contributed by atoms with Crippen molar-refractivity contribution in [1.29, 1.82) is 0 Å². The molecule has 6 aromatic carbocycles. The molecule has 190 valence electrons. The van der Waals surface area contributed by atoms with E-state index in [-0.39, 0.29) is 0 Å². The van der Waals surface area contributed by atoms with E-state index in [1.54, 1.807) is 0 Å². The Labute approximate surface area is 238 Å². The quantitative estimate of drug-likeness (QED) is 0.150. The number of benzene rings is 6. The Bertz CT molecular complexity index is 1520. The molecular formula is C36H27BiCl2. The third-order valence-electron chi connectivity index (χ3n) is 7.24. The zero-order valence-electron chi connectivity index (χ0n) is 21.3. The van der Waals surface area contributed by atoms with Crippen molar-refractivity contribution in [3.8, 4) is 33.4 Å². The molecule has 0 heterocycles. The standard InChI is InChI=1S/3C12H9.Bi.2ClH/c3*1-3-7-11(8-4-1)12-9-5-2-6-10-12;;;/h3*1-9H;;2*1H/q;;;+2;;/p-2. The molecule has 6 rings (SSSR count). The molecule has 0 nitrogen and oxygen atoms in total. The van der Waals surface area contributed by atoms with Crippen molar-refractivity contribution in [2.45, 2.75) is 0 Å². The molecule has 0 aliphatic heterocycles. The van der Waals surface area contributed by atoms with E-state index in [1.165, 1.54) is 0 Å². The Morgan fingerprint density at radius 3 is 0.795 bits per heavy atom. The number of rotatable bonds is 6. The van der Waals surface area contributed by atoms with Gasteiger partial charge in [0.1, 0.15) is 0 Å². The summed E-state index contributed by atoms with van der Waals surface area (Å²) in [6.45, 7) is 0. The predicted molar refractivity (Wildman–Crippen MR) is 172 cm³/mol. The zero-order valence-corrected chi connectivity index (χ0v) is 26.3. The molecule has 0 aliphatic carbocycles. The Hall–Kier alpha value is -3.22. The molecule has 0 unspecified atom stereocenters. The van der Waals surface area contributed by atoms with Crippen molar-refractivity contribution >= 4 is 43.2 Å². The second kappa shape index (κ2) is 10.7. The summed E-state index contributed by atoms with van der Waals surface area (Å²) in [5.41, 5.74) is 6.52. The third kappa shape index (κ3) is 4.64. The topological polar surface area (TPSA) is 0 Å². The second-order valence-electron chi connectivity index (χ2n) is 9.56. The van der Waals surface area contributed by atoms with E-state index in [1.807, 2.05) is 18.2 Å². The molecule has 0 fully saturated rings. The van der Waals surface area contributed by atoms with Crippen molar-refractivity contribution < 1.29 is 0 Å². The van der Waals surface area contributed by atoms with Crippen molar-refractivity contribution in [3.63, 3.8) is 0 Å². The molecule has 0 amide bonds. The number of halogens is 2. The van der Waals surface area contributed by atoms with Crippen LogP contribution in [0, 0.1) is 0 Å². The van der Waals surface area contributed by atoms with Crippen LogP contribution in [-0.4, -0.2) is 16.4 Å². The van der Waals surface area contributed by atoms with E-state index in [0.29, 0.717) is 0 Å². The minimum atomic E-state index is -5.50. The van der Waals surface area contributed by atoms with Crippen molar-refractivity contribution in [1.82, 2.24) is 0 Å². The first-order valence-corrected chi connectivity index (χ1v) is 26.7. The fourth-order valence-corrected chi connectivity index (χ4v) is 27.6. The fourth-order valence-electron chi connectivity index (χ4n) is 5.42. The van der Waals surface area contributed by atoms with Gasteiger partial charge >= 0.3 is 240 Å². The fraction of sp³-hybridized carbons (Fsp3) is 0. The van der Waals surface area contributed by atoms with Crippen LogP contribution in [0.3, 0.4) is 0 Å². The van der Waals surface area contributed by atoms with Gasteiger partial charge in [0.15, 0.2) is 0 Å². The molecule has 0 spiro atoms. The molecule has 3 heteroatoms. The van der Waals surface area contributed by atoms with E-state index < -0.39 is 16.4 Å². The molecule has 39 heavy (non-hydrogen) atoms. The summed E-state index contributed by atoms with van der Waals surface area (Å²) < 4.78 is 3.05. The zero-order chi connectivity index (χ0) is 26.7. The van der Waals surface area contributed by atoms with Gasteiger partial charge in [-0.2, -0.15) is 0 Å². The molecule has 0 aliphatic rings. The first kappa shape index (κ1) is 26.0. The summed E-state index contributed by atoms with van der Waals surface area (Å²) in [4.78, 5) is 0. The second-order valence-corrected chi connectivity index (χ2v) is 35.6. The first-order valence-electron chi connectivity index (χ1n) is 13.0. The normalized spacial score (nSPS) is 12.4. The van der Waals surface area contributed by atoms with E-state index in [4.69, 9.17) is 17.0 Å². The van der Waals surface area contributed by atoms with E-state index >= 15 is 0 Å². The summed E-state index contributed by atoms with van der Waals surface area (Å²) >= 11 is -5.50. The van der Waals surface area contributed by atoms with Crippen LogP contribution in [0.2, 0.25) is 0 Å². The first-order chi connectivity index (χ1) is 19.1. The predicted octanol–water partition coefficient (Wildman–Crippen LogP) is 8.58. The van der Waals surface area contributed by atoms with Crippen LogP contribution in [0.15, 0.2) is 164 Å². The van der Waals surface area contributed by atoms with Gasteiger partial charge in [-0.1, -0.05) is 0 Å². The molecule has 0 aromatic heterocycles. The van der Waals surface area contributed by atoms with Crippen LogP contribution >= 0.6 is 17.0 Å². The molecule has 0 saturated heterocycles. The van der Waals surface area contributed by atoms with Gasteiger partial charge in [0, 0.05) is 0 Å². The molecule has 0 radical (unpaired) electrons. The van der Waals surface area contributed by atoms with Crippen LogP contribution in [0.4, 0.5) is 0 Å². The SMILES string of the molecule is [Cl][Bi]([Cl])([c]1ccccc1-c1ccccc1)([c]1ccccc1-c1ccccc1)[c]1ccccc1-c1ccccc1. The molecule has 0 atom stereocenters. The monoisotopic (exact) mass is 738 g/mol. The Kier molecular flexibility index (Phi) is 7.17. The molecule has 0 N–H and O–H groups in total. The van der Waals surface area contributed by atoms with Crippen molar-refractivity contribution in [3.05, 3.63) is 164 Å². The van der Waals surface area contributed by atoms with Gasteiger partial charge in [-0.05, 0) is 0 Å². The van der Waals surface area contributed by atoms with E-state index in [0.717, 1.165) is 43.2 Å². The van der Waals surface area contributed by atoms with Crippen LogP contribution in [0.25, 0.3) is 33.4 Å². The van der Waals surface area contributed by atoms with Crippen LogP contribution in [0.5, 0.6) is 0 Å². The summed E-state index contributed by atoms with van der Waals surface area (Å²) in [6, 6.07) is 56.6. The van der Waals surface area contributed by atoms with Crippen LogP contribution < -0.4 is 9.81 Å². The van der Waals surface area contributed by atoms with Gasteiger partial charge in [-0.3, -0.25) is 0 Å². The third-order valence-corrected chi connectivity index (χ3v) is 31.2. The molecular weight excluding hydrogens is 712 g/mol. The van der Waals surface area contributed by atoms with Crippen LogP contribution in [-0.2, 0) is 0 Å². The molecule has 6 aromatic rings. The minimum absolute atomic E-state index is 1.02. The van der Waals surface area contributed by atoms with Gasteiger partial charge in [-0.25, -0.2) is 0 Å². The average molecular weight is 739 g/mol. The molecule has 0 bridgehead atoms. The summed E-state index contributed by atoms with van der Waals surface area (Å²) in [5.74, 6) is 0. The summed E-state index contributed by atoms with van der Waals surface area (Å²) in [5, 5.41) is 0. The summed E-state index contributed by atoms with van der Waals surface area (Å²) in [7, 11) is 16.8. The summed E-state index contributed by atoms with van der Waals surface area (Å²) in [6.07, 6.45) is 0. The van der Waals surface area contributed by atoms with Crippen molar-refractivity contribution in [2.75, 3.05) is 0 Å². The van der Waals surface area contributed by atoms with Gasteiger partial charge < -0.3 is 0 Å².